The number of benzene rings is 4. The molecule has 0 amide bonds. The van der Waals surface area contributed by atoms with Gasteiger partial charge in [0.1, 0.15) is 0 Å². The number of rotatable bonds is 9. The zero-order chi connectivity index (χ0) is 31.1. The Morgan fingerprint density at radius 1 is 0.386 bits per heavy atom. The molecule has 0 N–H and O–H groups in total. The molecule has 4 aromatic rings. The van der Waals surface area contributed by atoms with E-state index in [1.807, 2.05) is 24.3 Å². The number of ketones is 4. The molecule has 4 nitrogen and oxygen atoms in total. The summed E-state index contributed by atoms with van der Waals surface area (Å²) >= 11 is 0. The van der Waals surface area contributed by atoms with E-state index in [0.29, 0.717) is 70.2 Å². The molecule has 4 heteroatoms. The van der Waals surface area contributed by atoms with Crippen LogP contribution in [-0.4, -0.2) is 23.1 Å². The standard InChI is InChI=1S/C40H38O4/c1-5-13-23-21-31(25(15-7-3)35-33(23)37(41)27-17-9-11-19-29(27)39(35)43)32-22-24(14-6-2)34-36(26(32)16-8-4)40(44)30-20-12-10-18-28(30)38(34)42/h9-12,17-22H,5-8,13-16H2,1-4H3. The predicted octanol–water partition coefficient (Wildman–Crippen LogP) is 8.71. The topological polar surface area (TPSA) is 68.3 Å². The molecule has 0 heterocycles. The molecule has 0 saturated carbocycles. The monoisotopic (exact) mass is 582 g/mol. The number of carbonyl (C=O) groups is 4. The van der Waals surface area contributed by atoms with Gasteiger partial charge in [-0.25, -0.2) is 0 Å². The third-order valence-electron chi connectivity index (χ3n) is 9.10. The van der Waals surface area contributed by atoms with Gasteiger partial charge in [0.25, 0.3) is 0 Å². The van der Waals surface area contributed by atoms with Crippen molar-refractivity contribution in [3.05, 3.63) is 127 Å². The fourth-order valence-corrected chi connectivity index (χ4v) is 7.31. The van der Waals surface area contributed by atoms with Crippen molar-refractivity contribution in [2.75, 3.05) is 0 Å². The first-order valence-electron chi connectivity index (χ1n) is 16.1. The minimum absolute atomic E-state index is 0.0918. The fraction of sp³-hybridized carbons (Fsp3) is 0.300. The van der Waals surface area contributed by atoms with Gasteiger partial charge in [-0.1, -0.05) is 114 Å². The van der Waals surface area contributed by atoms with Crippen LogP contribution >= 0.6 is 0 Å². The van der Waals surface area contributed by atoms with Crippen LogP contribution in [-0.2, 0) is 25.7 Å². The Morgan fingerprint density at radius 3 is 0.977 bits per heavy atom. The summed E-state index contributed by atoms with van der Waals surface area (Å²) in [5, 5.41) is 0. The number of fused-ring (bicyclic) bond motifs is 4. The lowest BCUT2D eigenvalue weighted by atomic mass is 9.72. The zero-order valence-corrected chi connectivity index (χ0v) is 26.1. The molecule has 0 bridgehead atoms. The van der Waals surface area contributed by atoms with Gasteiger partial charge in [0.2, 0.25) is 0 Å². The molecule has 222 valence electrons. The fourth-order valence-electron chi connectivity index (χ4n) is 7.31. The molecular weight excluding hydrogens is 544 g/mol. The lowest BCUT2D eigenvalue weighted by Gasteiger charge is -2.29. The zero-order valence-electron chi connectivity index (χ0n) is 26.1. The van der Waals surface area contributed by atoms with Crippen LogP contribution in [0.5, 0.6) is 0 Å². The first kappa shape index (κ1) is 29.6. The van der Waals surface area contributed by atoms with E-state index in [4.69, 9.17) is 0 Å². The minimum Gasteiger partial charge on any atom is -0.289 e. The third-order valence-corrected chi connectivity index (χ3v) is 9.10. The second-order valence-corrected chi connectivity index (χ2v) is 12.0. The Bertz CT molecular complexity index is 1740. The highest BCUT2D eigenvalue weighted by Gasteiger charge is 2.38. The average molecular weight is 583 g/mol. The van der Waals surface area contributed by atoms with Gasteiger partial charge >= 0.3 is 0 Å². The molecule has 0 fully saturated rings. The van der Waals surface area contributed by atoms with Gasteiger partial charge in [0, 0.05) is 44.5 Å². The van der Waals surface area contributed by atoms with Crippen molar-refractivity contribution in [1.82, 2.24) is 0 Å². The summed E-state index contributed by atoms with van der Waals surface area (Å²) in [6.45, 7) is 8.33. The maximum atomic E-state index is 14.3. The molecular formula is C40H38O4. The largest absolute Gasteiger partial charge is 0.289 e. The SMILES string of the molecule is CCCc1cc(-c2cc(CCC)c3c(c2CCC)C(=O)c2ccccc2C3=O)c(CCC)c2c1C(=O)c1ccccc1C2=O. The van der Waals surface area contributed by atoms with Crippen LogP contribution < -0.4 is 0 Å². The van der Waals surface area contributed by atoms with Gasteiger partial charge in [-0.05, 0) is 59.1 Å². The molecule has 0 atom stereocenters. The van der Waals surface area contributed by atoms with E-state index in [1.54, 1.807) is 24.3 Å². The second kappa shape index (κ2) is 11.9. The van der Waals surface area contributed by atoms with E-state index < -0.39 is 0 Å². The van der Waals surface area contributed by atoms with Crippen LogP contribution in [0.4, 0.5) is 0 Å². The first-order valence-corrected chi connectivity index (χ1v) is 16.1. The Balaban J connectivity index is 1.73. The summed E-state index contributed by atoms with van der Waals surface area (Å²) in [5.74, 6) is -0.403. The number of hydrogen-bond donors (Lipinski definition) is 0. The van der Waals surface area contributed by atoms with Crippen molar-refractivity contribution in [2.24, 2.45) is 0 Å². The van der Waals surface area contributed by atoms with Crippen molar-refractivity contribution in [3.8, 4) is 11.1 Å². The van der Waals surface area contributed by atoms with E-state index >= 15 is 0 Å². The molecule has 0 spiro atoms. The maximum absolute atomic E-state index is 14.3. The molecule has 0 saturated heterocycles. The van der Waals surface area contributed by atoms with Gasteiger partial charge < -0.3 is 0 Å². The smallest absolute Gasteiger partial charge is 0.194 e. The van der Waals surface area contributed by atoms with E-state index in [-0.39, 0.29) is 23.1 Å². The summed E-state index contributed by atoms with van der Waals surface area (Å²) in [5.41, 5.74) is 9.23. The summed E-state index contributed by atoms with van der Waals surface area (Å²) in [4.78, 5) is 56.6. The number of carbonyl (C=O) groups excluding carboxylic acids is 4. The van der Waals surface area contributed by atoms with Crippen LogP contribution in [0.25, 0.3) is 11.1 Å². The van der Waals surface area contributed by atoms with Crippen molar-refractivity contribution in [2.45, 2.75) is 79.1 Å². The molecule has 4 aromatic carbocycles. The van der Waals surface area contributed by atoms with E-state index in [0.717, 1.165) is 59.1 Å². The van der Waals surface area contributed by atoms with Crippen LogP contribution in [0.1, 0.15) is 139 Å². The highest BCUT2D eigenvalue weighted by atomic mass is 16.1. The molecule has 0 aromatic heterocycles. The van der Waals surface area contributed by atoms with Crippen molar-refractivity contribution in [1.29, 1.82) is 0 Å². The van der Waals surface area contributed by atoms with Crippen LogP contribution in [0.15, 0.2) is 60.7 Å². The van der Waals surface area contributed by atoms with E-state index in [2.05, 4.69) is 39.8 Å². The van der Waals surface area contributed by atoms with Gasteiger partial charge in [-0.3, -0.25) is 19.2 Å². The van der Waals surface area contributed by atoms with E-state index in [9.17, 15) is 19.2 Å². The Kier molecular flexibility index (Phi) is 8.02. The van der Waals surface area contributed by atoms with Gasteiger partial charge in [-0.2, -0.15) is 0 Å². The number of aryl methyl sites for hydroxylation is 2. The maximum Gasteiger partial charge on any atom is 0.194 e. The quantitative estimate of drug-likeness (QED) is 0.171. The van der Waals surface area contributed by atoms with Crippen molar-refractivity contribution >= 4 is 23.1 Å². The Morgan fingerprint density at radius 2 is 0.682 bits per heavy atom. The Labute approximate surface area is 259 Å². The summed E-state index contributed by atoms with van der Waals surface area (Å²) < 4.78 is 0. The highest BCUT2D eigenvalue weighted by molar-refractivity contribution is 6.31. The van der Waals surface area contributed by atoms with Gasteiger partial charge in [0.15, 0.2) is 23.1 Å². The van der Waals surface area contributed by atoms with Crippen LogP contribution in [0.3, 0.4) is 0 Å². The second-order valence-electron chi connectivity index (χ2n) is 12.0. The number of hydrogen-bond acceptors (Lipinski definition) is 4. The van der Waals surface area contributed by atoms with Gasteiger partial charge in [0.05, 0.1) is 0 Å². The van der Waals surface area contributed by atoms with Crippen LogP contribution in [0.2, 0.25) is 0 Å². The van der Waals surface area contributed by atoms with Crippen molar-refractivity contribution in [3.63, 3.8) is 0 Å². The lowest BCUT2D eigenvalue weighted by Crippen LogP contribution is -2.26. The molecule has 0 unspecified atom stereocenters. The third kappa shape index (κ3) is 4.51. The molecule has 0 aliphatic heterocycles. The minimum atomic E-state index is -0.109. The van der Waals surface area contributed by atoms with Gasteiger partial charge in [-0.15, -0.1) is 0 Å². The average Bonchev–Trinajstić information content (AvgIpc) is 3.03. The predicted molar refractivity (Wildman–Crippen MR) is 174 cm³/mol. The summed E-state index contributed by atoms with van der Waals surface area (Å²) in [7, 11) is 0. The lowest BCUT2D eigenvalue weighted by molar-refractivity contribution is 0.0977. The summed E-state index contributed by atoms with van der Waals surface area (Å²) in [6, 6.07) is 18.5. The molecule has 0 radical (unpaired) electrons. The van der Waals surface area contributed by atoms with Crippen LogP contribution in [0, 0.1) is 0 Å². The normalized spacial score (nSPS) is 13.5. The summed E-state index contributed by atoms with van der Waals surface area (Å²) in [6.07, 6.45) is 5.76. The molecule has 2 aliphatic rings. The first-order chi connectivity index (χ1) is 21.4. The highest BCUT2D eigenvalue weighted by Crippen LogP contribution is 2.43. The van der Waals surface area contributed by atoms with Crippen molar-refractivity contribution < 1.29 is 19.2 Å². The molecule has 44 heavy (non-hydrogen) atoms. The van der Waals surface area contributed by atoms with E-state index in [1.165, 1.54) is 0 Å². The Hall–Kier alpha value is -4.44. The molecule has 6 rings (SSSR count). The molecule has 2 aliphatic carbocycles.